The van der Waals surface area contributed by atoms with E-state index in [2.05, 4.69) is 20.5 Å². The van der Waals surface area contributed by atoms with Crippen LogP contribution in [0.5, 0.6) is 0 Å². The molecular weight excluding hydrogens is 409 g/mol. The number of aliphatic imine (C=N–C) groups is 1. The molecule has 0 saturated carbocycles. The van der Waals surface area contributed by atoms with Crippen molar-refractivity contribution in [2.24, 2.45) is 4.99 Å². The third-order valence-electron chi connectivity index (χ3n) is 3.83. The number of nitrogens with one attached hydrogen (secondary N) is 2. The molecule has 1 fully saturated rings. The van der Waals surface area contributed by atoms with Crippen LogP contribution in [0.1, 0.15) is 19.3 Å². The fraction of sp³-hybridized carbons (Fsp3) is 0.867. The van der Waals surface area contributed by atoms with E-state index < -0.39 is 0 Å². The zero-order valence-corrected chi connectivity index (χ0v) is 17.1. The first-order chi connectivity index (χ1) is 10.6. The quantitative estimate of drug-likeness (QED) is 0.247. The van der Waals surface area contributed by atoms with Gasteiger partial charge in [0.2, 0.25) is 5.91 Å². The number of guanidine groups is 1. The summed E-state index contributed by atoms with van der Waals surface area (Å²) in [6.45, 7) is 4.19. The fourth-order valence-electron chi connectivity index (χ4n) is 2.65. The van der Waals surface area contributed by atoms with Crippen molar-refractivity contribution in [2.45, 2.75) is 25.3 Å². The van der Waals surface area contributed by atoms with Gasteiger partial charge in [0.05, 0.1) is 12.6 Å². The number of amides is 1. The second-order valence-corrected chi connectivity index (χ2v) is 5.70. The van der Waals surface area contributed by atoms with E-state index in [-0.39, 0.29) is 35.9 Å². The highest BCUT2D eigenvalue weighted by atomic mass is 127. The molecule has 1 amide bonds. The smallest absolute Gasteiger partial charge is 0.239 e. The van der Waals surface area contributed by atoms with E-state index >= 15 is 0 Å². The number of likely N-dealkylation sites (N-methyl/N-ethyl adjacent to an activating group) is 1. The van der Waals surface area contributed by atoms with Crippen LogP contribution in [0, 0.1) is 0 Å². The van der Waals surface area contributed by atoms with Gasteiger partial charge in [0.25, 0.3) is 0 Å². The van der Waals surface area contributed by atoms with Crippen molar-refractivity contribution >= 4 is 35.8 Å². The molecule has 1 aliphatic heterocycles. The molecule has 1 rings (SSSR count). The highest BCUT2D eigenvalue weighted by Gasteiger charge is 2.30. The van der Waals surface area contributed by atoms with Gasteiger partial charge in [-0.05, 0) is 25.8 Å². The Kier molecular flexibility index (Phi) is 12.4. The molecule has 7 nitrogen and oxygen atoms in total. The van der Waals surface area contributed by atoms with Crippen molar-refractivity contribution < 1.29 is 9.53 Å². The standard InChI is InChI=1S/C15H31N5O2.HI/c1-16-15(18-9-12-22-4)17-8-6-11-20-10-5-7-13(20)14(21)19(2)3;/h13H,5-12H2,1-4H3,(H2,16,17,18);1H. The summed E-state index contributed by atoms with van der Waals surface area (Å²) in [5, 5.41) is 6.46. The molecule has 0 bridgehead atoms. The fourth-order valence-corrected chi connectivity index (χ4v) is 2.65. The predicted molar refractivity (Wildman–Crippen MR) is 105 cm³/mol. The molecule has 0 radical (unpaired) electrons. The molecule has 0 aliphatic carbocycles. The number of nitrogens with zero attached hydrogens (tertiary/aromatic N) is 3. The Balaban J connectivity index is 0.00000484. The number of carbonyl (C=O) groups is 1. The van der Waals surface area contributed by atoms with Crippen molar-refractivity contribution in [1.82, 2.24) is 20.4 Å². The van der Waals surface area contributed by atoms with Gasteiger partial charge in [0, 0.05) is 47.9 Å². The van der Waals surface area contributed by atoms with Gasteiger partial charge in [-0.1, -0.05) is 0 Å². The Labute approximate surface area is 157 Å². The minimum Gasteiger partial charge on any atom is -0.383 e. The topological polar surface area (TPSA) is 69.2 Å². The number of hydrogen-bond acceptors (Lipinski definition) is 4. The molecule has 0 aromatic carbocycles. The van der Waals surface area contributed by atoms with E-state index in [1.54, 1.807) is 19.1 Å². The van der Waals surface area contributed by atoms with E-state index in [1.807, 2.05) is 14.1 Å². The average Bonchev–Trinajstić information content (AvgIpc) is 2.97. The first-order valence-corrected chi connectivity index (χ1v) is 7.98. The minimum absolute atomic E-state index is 0. The van der Waals surface area contributed by atoms with Crippen molar-refractivity contribution in [3.8, 4) is 0 Å². The van der Waals surface area contributed by atoms with Gasteiger partial charge in [-0.2, -0.15) is 0 Å². The Hall–Kier alpha value is -0.610. The lowest BCUT2D eigenvalue weighted by atomic mass is 10.2. The normalized spacial score (nSPS) is 18.4. The molecule has 1 atom stereocenters. The van der Waals surface area contributed by atoms with Crippen molar-refractivity contribution in [3.05, 3.63) is 0 Å². The summed E-state index contributed by atoms with van der Waals surface area (Å²) in [5.41, 5.74) is 0. The second-order valence-electron chi connectivity index (χ2n) is 5.70. The molecule has 0 aromatic heterocycles. The predicted octanol–water partition coefficient (Wildman–Crippen LogP) is 0.359. The van der Waals surface area contributed by atoms with E-state index in [0.29, 0.717) is 6.61 Å². The highest BCUT2D eigenvalue weighted by molar-refractivity contribution is 14.0. The summed E-state index contributed by atoms with van der Waals surface area (Å²) >= 11 is 0. The average molecular weight is 441 g/mol. The lowest BCUT2D eigenvalue weighted by Gasteiger charge is -2.26. The van der Waals surface area contributed by atoms with Crippen LogP contribution in [0.15, 0.2) is 4.99 Å². The number of halogens is 1. The number of methoxy groups -OCH3 is 1. The summed E-state index contributed by atoms with van der Waals surface area (Å²) in [7, 11) is 7.10. The van der Waals surface area contributed by atoms with E-state index in [9.17, 15) is 4.79 Å². The largest absolute Gasteiger partial charge is 0.383 e. The first kappa shape index (κ1) is 22.4. The molecular formula is C15H32IN5O2. The van der Waals surface area contributed by atoms with Gasteiger partial charge in [-0.3, -0.25) is 14.7 Å². The molecule has 23 heavy (non-hydrogen) atoms. The van der Waals surface area contributed by atoms with Crippen LogP contribution in [0.2, 0.25) is 0 Å². The maximum absolute atomic E-state index is 12.1. The number of hydrogen-bond donors (Lipinski definition) is 2. The van der Waals surface area contributed by atoms with Crippen molar-refractivity contribution in [3.63, 3.8) is 0 Å². The first-order valence-electron chi connectivity index (χ1n) is 7.98. The van der Waals surface area contributed by atoms with Crippen LogP contribution >= 0.6 is 24.0 Å². The molecule has 0 aromatic rings. The summed E-state index contributed by atoms with van der Waals surface area (Å²) < 4.78 is 5.00. The van der Waals surface area contributed by atoms with Crippen LogP contribution in [-0.4, -0.2) is 88.7 Å². The Bertz CT molecular complexity index is 366. The number of carbonyl (C=O) groups excluding carboxylic acids is 1. The number of likely N-dealkylation sites (tertiary alicyclic amines) is 1. The summed E-state index contributed by atoms with van der Waals surface area (Å²) in [6, 6.07) is 0.0640. The van der Waals surface area contributed by atoms with Gasteiger partial charge >= 0.3 is 0 Å². The van der Waals surface area contributed by atoms with E-state index in [0.717, 1.165) is 51.4 Å². The zero-order valence-electron chi connectivity index (χ0n) is 14.8. The van der Waals surface area contributed by atoms with Crippen LogP contribution in [-0.2, 0) is 9.53 Å². The third kappa shape index (κ3) is 8.16. The maximum Gasteiger partial charge on any atom is 0.239 e. The van der Waals surface area contributed by atoms with Crippen LogP contribution in [0.4, 0.5) is 0 Å². The van der Waals surface area contributed by atoms with E-state index in [1.165, 1.54) is 0 Å². The number of rotatable bonds is 8. The molecule has 1 saturated heterocycles. The molecule has 1 unspecified atom stereocenters. The van der Waals surface area contributed by atoms with Gasteiger partial charge in [0.15, 0.2) is 5.96 Å². The Morgan fingerprint density at radius 3 is 2.65 bits per heavy atom. The lowest BCUT2D eigenvalue weighted by molar-refractivity contribution is -0.133. The third-order valence-corrected chi connectivity index (χ3v) is 3.83. The Morgan fingerprint density at radius 2 is 2.04 bits per heavy atom. The Morgan fingerprint density at radius 1 is 1.35 bits per heavy atom. The van der Waals surface area contributed by atoms with Crippen LogP contribution < -0.4 is 10.6 Å². The molecule has 8 heteroatoms. The molecule has 136 valence electrons. The van der Waals surface area contributed by atoms with Crippen LogP contribution in [0.25, 0.3) is 0 Å². The SMILES string of the molecule is CN=C(NCCCN1CCCC1C(=O)N(C)C)NCCOC.I. The summed E-state index contributed by atoms with van der Waals surface area (Å²) in [6.07, 6.45) is 3.07. The summed E-state index contributed by atoms with van der Waals surface area (Å²) in [4.78, 5) is 20.3. The van der Waals surface area contributed by atoms with Crippen LogP contribution in [0.3, 0.4) is 0 Å². The van der Waals surface area contributed by atoms with Gasteiger partial charge < -0.3 is 20.3 Å². The number of ether oxygens (including phenoxy) is 1. The summed E-state index contributed by atoms with van der Waals surface area (Å²) in [5.74, 6) is 1.02. The molecule has 0 spiro atoms. The minimum atomic E-state index is 0. The van der Waals surface area contributed by atoms with Crippen molar-refractivity contribution in [2.75, 3.05) is 61.0 Å². The zero-order chi connectivity index (χ0) is 16.4. The maximum atomic E-state index is 12.1. The van der Waals surface area contributed by atoms with E-state index in [4.69, 9.17) is 4.74 Å². The highest BCUT2D eigenvalue weighted by Crippen LogP contribution is 2.18. The van der Waals surface area contributed by atoms with Gasteiger partial charge in [0.1, 0.15) is 0 Å². The monoisotopic (exact) mass is 441 g/mol. The molecule has 2 N–H and O–H groups in total. The van der Waals surface area contributed by atoms with Crippen molar-refractivity contribution in [1.29, 1.82) is 0 Å². The lowest BCUT2D eigenvalue weighted by Crippen LogP contribution is -2.44. The van der Waals surface area contributed by atoms with Gasteiger partial charge in [-0.25, -0.2) is 0 Å². The molecule has 1 heterocycles. The van der Waals surface area contributed by atoms with Gasteiger partial charge in [-0.15, -0.1) is 24.0 Å². The molecule has 1 aliphatic rings. The second kappa shape index (κ2) is 12.8.